The van der Waals surface area contributed by atoms with Crippen LogP contribution in [0.25, 0.3) is 11.0 Å². The monoisotopic (exact) mass is 360 g/mol. The van der Waals surface area contributed by atoms with Crippen LogP contribution < -0.4 is 5.32 Å². The minimum absolute atomic E-state index is 0.140. The number of hydrogen-bond donors (Lipinski definition) is 2. The Labute approximate surface area is 154 Å². The topological polar surface area (TPSA) is 70.7 Å². The van der Waals surface area contributed by atoms with Crippen LogP contribution in [0.2, 0.25) is 0 Å². The smallest absolute Gasteiger partial charge is 0.256 e. The minimum atomic E-state index is -0.140. The molecule has 6 heteroatoms. The molecule has 0 atom stereocenters. The highest BCUT2D eigenvalue weighted by molar-refractivity contribution is 7.98. The Bertz CT molecular complexity index is 1010. The van der Waals surface area contributed by atoms with Gasteiger partial charge in [0.25, 0.3) is 5.91 Å². The molecule has 2 heterocycles. The average Bonchev–Trinajstić information content (AvgIpc) is 3.10. The van der Waals surface area contributed by atoms with Gasteiger partial charge in [0.15, 0.2) is 5.16 Å². The summed E-state index contributed by atoms with van der Waals surface area (Å²) in [5.74, 6) is 0.509. The second kappa shape index (κ2) is 7.41. The standard InChI is InChI=1S/C20H16N4OS/c25-19(22-15-7-5-11-21-12-15)16-8-2-1-6-14(16)13-26-20-23-17-9-3-4-10-18(17)24-20/h1-12H,13H2,(H,22,25)(H,23,24). The first-order chi connectivity index (χ1) is 12.8. The first-order valence-corrected chi connectivity index (χ1v) is 9.15. The molecule has 0 saturated carbocycles. The molecule has 0 radical (unpaired) electrons. The van der Waals surface area contributed by atoms with Crippen molar-refractivity contribution in [2.45, 2.75) is 10.9 Å². The number of thioether (sulfide) groups is 1. The van der Waals surface area contributed by atoms with E-state index in [4.69, 9.17) is 0 Å². The zero-order valence-electron chi connectivity index (χ0n) is 13.8. The molecule has 4 aromatic rings. The van der Waals surface area contributed by atoms with E-state index in [-0.39, 0.29) is 5.91 Å². The first kappa shape index (κ1) is 16.4. The Balaban J connectivity index is 1.51. The molecule has 2 N–H and O–H groups in total. The zero-order chi connectivity index (χ0) is 17.8. The molecule has 0 aliphatic carbocycles. The van der Waals surface area contributed by atoms with E-state index in [1.165, 1.54) is 0 Å². The van der Waals surface area contributed by atoms with Crippen LogP contribution in [0, 0.1) is 0 Å². The van der Waals surface area contributed by atoms with Crippen molar-refractivity contribution in [3.05, 3.63) is 84.2 Å². The predicted molar refractivity (Wildman–Crippen MR) is 104 cm³/mol. The van der Waals surface area contributed by atoms with Crippen molar-refractivity contribution >= 4 is 34.4 Å². The number of nitrogens with one attached hydrogen (secondary N) is 2. The lowest BCUT2D eigenvalue weighted by atomic mass is 10.1. The highest BCUT2D eigenvalue weighted by Gasteiger charge is 2.12. The van der Waals surface area contributed by atoms with Crippen molar-refractivity contribution in [3.63, 3.8) is 0 Å². The molecule has 26 heavy (non-hydrogen) atoms. The number of imidazole rings is 1. The van der Waals surface area contributed by atoms with Gasteiger partial charge in [0.1, 0.15) is 0 Å². The first-order valence-electron chi connectivity index (χ1n) is 8.16. The third-order valence-corrected chi connectivity index (χ3v) is 4.84. The number of anilines is 1. The van der Waals surface area contributed by atoms with E-state index in [9.17, 15) is 4.79 Å². The van der Waals surface area contributed by atoms with Gasteiger partial charge in [-0.3, -0.25) is 9.78 Å². The summed E-state index contributed by atoms with van der Waals surface area (Å²) in [6, 6.07) is 19.1. The van der Waals surface area contributed by atoms with Crippen LogP contribution >= 0.6 is 11.8 Å². The number of aromatic nitrogens is 3. The fraction of sp³-hybridized carbons (Fsp3) is 0.0500. The van der Waals surface area contributed by atoms with Gasteiger partial charge in [-0.05, 0) is 35.9 Å². The second-order valence-electron chi connectivity index (χ2n) is 5.70. The Kier molecular flexibility index (Phi) is 4.66. The van der Waals surface area contributed by atoms with Crippen molar-refractivity contribution < 1.29 is 4.79 Å². The largest absolute Gasteiger partial charge is 0.333 e. The van der Waals surface area contributed by atoms with Crippen molar-refractivity contribution in [2.75, 3.05) is 5.32 Å². The van der Waals surface area contributed by atoms with Gasteiger partial charge < -0.3 is 10.3 Å². The van der Waals surface area contributed by atoms with Crippen LogP contribution in [0.5, 0.6) is 0 Å². The van der Waals surface area contributed by atoms with Gasteiger partial charge in [-0.25, -0.2) is 4.98 Å². The Morgan fingerprint density at radius 2 is 1.88 bits per heavy atom. The lowest BCUT2D eigenvalue weighted by Gasteiger charge is -2.09. The fourth-order valence-corrected chi connectivity index (χ4v) is 3.54. The maximum atomic E-state index is 12.6. The summed E-state index contributed by atoms with van der Waals surface area (Å²) < 4.78 is 0. The molecule has 0 spiro atoms. The van der Waals surface area contributed by atoms with Crippen LogP contribution in [-0.2, 0) is 5.75 Å². The van der Waals surface area contributed by atoms with Gasteiger partial charge in [0.05, 0.1) is 22.9 Å². The van der Waals surface area contributed by atoms with E-state index >= 15 is 0 Å². The number of H-pyrrole nitrogens is 1. The van der Waals surface area contributed by atoms with Gasteiger partial charge in [0.2, 0.25) is 0 Å². The SMILES string of the molecule is O=C(Nc1cccnc1)c1ccccc1CSc1nc2ccccc2[nH]1. The maximum Gasteiger partial charge on any atom is 0.256 e. The number of amides is 1. The molecule has 0 bridgehead atoms. The number of pyridine rings is 1. The molecule has 0 fully saturated rings. The van der Waals surface area contributed by atoms with Gasteiger partial charge in [-0.1, -0.05) is 42.1 Å². The van der Waals surface area contributed by atoms with Gasteiger partial charge in [0, 0.05) is 17.5 Å². The molecule has 2 aromatic carbocycles. The number of para-hydroxylation sites is 2. The molecule has 1 amide bonds. The summed E-state index contributed by atoms with van der Waals surface area (Å²) >= 11 is 1.58. The zero-order valence-corrected chi connectivity index (χ0v) is 14.7. The molecule has 4 rings (SSSR count). The molecule has 128 valence electrons. The van der Waals surface area contributed by atoms with E-state index in [1.807, 2.05) is 54.6 Å². The summed E-state index contributed by atoms with van der Waals surface area (Å²) in [6.45, 7) is 0. The van der Waals surface area contributed by atoms with Crippen LogP contribution in [-0.4, -0.2) is 20.9 Å². The average molecular weight is 360 g/mol. The number of nitrogens with zero attached hydrogens (tertiary/aromatic N) is 2. The Morgan fingerprint density at radius 3 is 2.73 bits per heavy atom. The highest BCUT2D eigenvalue weighted by atomic mass is 32.2. The quantitative estimate of drug-likeness (QED) is 0.514. The molecular weight excluding hydrogens is 344 g/mol. The van der Waals surface area contributed by atoms with Crippen LogP contribution in [0.3, 0.4) is 0 Å². The van der Waals surface area contributed by atoms with E-state index in [0.717, 1.165) is 21.8 Å². The van der Waals surface area contributed by atoms with Crippen molar-refractivity contribution in [3.8, 4) is 0 Å². The number of benzene rings is 2. The third kappa shape index (κ3) is 3.60. The van der Waals surface area contributed by atoms with Gasteiger partial charge in [-0.15, -0.1) is 0 Å². The number of hydrogen-bond acceptors (Lipinski definition) is 4. The van der Waals surface area contributed by atoms with Gasteiger partial charge >= 0.3 is 0 Å². The van der Waals surface area contributed by atoms with Crippen molar-refractivity contribution in [2.24, 2.45) is 0 Å². The number of carbonyl (C=O) groups excluding carboxylic acids is 1. The number of aromatic amines is 1. The van der Waals surface area contributed by atoms with E-state index < -0.39 is 0 Å². The van der Waals surface area contributed by atoms with Crippen molar-refractivity contribution in [1.82, 2.24) is 15.0 Å². The Morgan fingerprint density at radius 1 is 1.04 bits per heavy atom. The molecule has 2 aromatic heterocycles. The summed E-state index contributed by atoms with van der Waals surface area (Å²) in [7, 11) is 0. The fourth-order valence-electron chi connectivity index (χ4n) is 2.65. The summed E-state index contributed by atoms with van der Waals surface area (Å²) in [5, 5.41) is 3.73. The van der Waals surface area contributed by atoms with E-state index in [1.54, 1.807) is 30.2 Å². The summed E-state index contributed by atoms with van der Waals surface area (Å²) in [5.41, 5.74) is 4.24. The van der Waals surface area contributed by atoms with Crippen LogP contribution in [0.15, 0.2) is 78.2 Å². The number of fused-ring (bicyclic) bond motifs is 1. The molecule has 0 aliphatic heterocycles. The summed E-state index contributed by atoms with van der Waals surface area (Å²) in [6.07, 6.45) is 3.30. The maximum absolute atomic E-state index is 12.6. The molecule has 0 unspecified atom stereocenters. The molecule has 0 saturated heterocycles. The van der Waals surface area contributed by atoms with Crippen LogP contribution in [0.4, 0.5) is 5.69 Å². The molecule has 5 nitrogen and oxygen atoms in total. The Hall–Kier alpha value is -3.12. The van der Waals surface area contributed by atoms with Crippen LogP contribution in [0.1, 0.15) is 15.9 Å². The number of rotatable bonds is 5. The third-order valence-electron chi connectivity index (χ3n) is 3.91. The van der Waals surface area contributed by atoms with E-state index in [2.05, 4.69) is 20.3 Å². The lowest BCUT2D eigenvalue weighted by Crippen LogP contribution is -2.14. The predicted octanol–water partition coefficient (Wildman–Crippen LogP) is 4.50. The normalized spacial score (nSPS) is 10.8. The second-order valence-corrected chi connectivity index (χ2v) is 6.66. The summed E-state index contributed by atoms with van der Waals surface area (Å²) in [4.78, 5) is 24.5. The van der Waals surface area contributed by atoms with E-state index in [0.29, 0.717) is 17.0 Å². The molecule has 0 aliphatic rings. The van der Waals surface area contributed by atoms with Crippen molar-refractivity contribution in [1.29, 1.82) is 0 Å². The highest BCUT2D eigenvalue weighted by Crippen LogP contribution is 2.25. The van der Waals surface area contributed by atoms with Gasteiger partial charge in [-0.2, -0.15) is 0 Å². The minimum Gasteiger partial charge on any atom is -0.333 e. The lowest BCUT2D eigenvalue weighted by molar-refractivity contribution is 0.102. The molecular formula is C20H16N4OS. The number of carbonyl (C=O) groups is 1.